The number of nitrogens with two attached hydrogens (primary N) is 1. The summed E-state index contributed by atoms with van der Waals surface area (Å²) < 4.78 is 1.79. The summed E-state index contributed by atoms with van der Waals surface area (Å²) in [6, 6.07) is 9.81. The van der Waals surface area contributed by atoms with Gasteiger partial charge in [0.05, 0.1) is 0 Å². The van der Waals surface area contributed by atoms with Gasteiger partial charge < -0.3 is 5.73 Å². The lowest BCUT2D eigenvalue weighted by atomic mass is 10.1. The van der Waals surface area contributed by atoms with Crippen LogP contribution >= 0.6 is 11.8 Å². The van der Waals surface area contributed by atoms with Crippen molar-refractivity contribution in [1.29, 1.82) is 0 Å². The quantitative estimate of drug-likeness (QED) is 0.857. The molecule has 1 saturated heterocycles. The van der Waals surface area contributed by atoms with E-state index < -0.39 is 0 Å². The van der Waals surface area contributed by atoms with Crippen LogP contribution in [0.25, 0.3) is 10.8 Å². The van der Waals surface area contributed by atoms with Gasteiger partial charge in [0.25, 0.3) is 5.56 Å². The third-order valence-electron chi connectivity index (χ3n) is 3.49. The topological polar surface area (TPSA) is 48.0 Å². The minimum absolute atomic E-state index is 0.0538. The maximum absolute atomic E-state index is 12.5. The van der Waals surface area contributed by atoms with Gasteiger partial charge in [-0.15, -0.1) is 0 Å². The molecule has 1 aromatic heterocycles. The monoisotopic (exact) mass is 260 g/mol. The van der Waals surface area contributed by atoms with E-state index in [9.17, 15) is 4.79 Å². The molecular formula is C14H16N2OS. The van der Waals surface area contributed by atoms with Crippen LogP contribution in [-0.4, -0.2) is 16.1 Å². The molecule has 3 nitrogen and oxygen atoms in total. The molecule has 0 aliphatic carbocycles. The Bertz CT molecular complexity index is 629. The van der Waals surface area contributed by atoms with E-state index >= 15 is 0 Å². The Kier molecular flexibility index (Phi) is 3.04. The summed E-state index contributed by atoms with van der Waals surface area (Å²) in [5, 5.41) is 1.70. The summed E-state index contributed by atoms with van der Waals surface area (Å²) in [7, 11) is 0. The lowest BCUT2D eigenvalue weighted by Gasteiger charge is -2.25. The first-order chi connectivity index (χ1) is 8.77. The first-order valence-corrected chi connectivity index (χ1v) is 7.40. The van der Waals surface area contributed by atoms with Crippen molar-refractivity contribution < 1.29 is 0 Å². The second-order valence-corrected chi connectivity index (χ2v) is 5.85. The molecule has 0 bridgehead atoms. The predicted molar refractivity (Wildman–Crippen MR) is 78.2 cm³/mol. The molecule has 18 heavy (non-hydrogen) atoms. The molecule has 1 aliphatic rings. The molecular weight excluding hydrogens is 244 g/mol. The average molecular weight is 260 g/mol. The highest BCUT2D eigenvalue weighted by atomic mass is 32.2. The molecule has 0 spiro atoms. The normalized spacial score (nSPS) is 20.1. The Morgan fingerprint density at radius 3 is 2.94 bits per heavy atom. The van der Waals surface area contributed by atoms with Crippen molar-refractivity contribution in [1.82, 2.24) is 4.57 Å². The fourth-order valence-corrected chi connectivity index (χ4v) is 3.72. The first-order valence-electron chi connectivity index (χ1n) is 6.25. The number of rotatable bonds is 1. The molecule has 0 saturated carbocycles. The summed E-state index contributed by atoms with van der Waals surface area (Å²) in [4.78, 5) is 12.5. The zero-order chi connectivity index (χ0) is 12.5. The zero-order valence-corrected chi connectivity index (χ0v) is 11.0. The molecule has 1 fully saturated rings. The van der Waals surface area contributed by atoms with Gasteiger partial charge in [0.2, 0.25) is 0 Å². The van der Waals surface area contributed by atoms with Crippen molar-refractivity contribution in [2.75, 3.05) is 17.2 Å². The Morgan fingerprint density at radius 2 is 2.17 bits per heavy atom. The van der Waals surface area contributed by atoms with Gasteiger partial charge in [0.15, 0.2) is 0 Å². The lowest BCUT2D eigenvalue weighted by molar-refractivity contribution is 0.494. The van der Waals surface area contributed by atoms with Crippen LogP contribution in [0.5, 0.6) is 0 Å². The average Bonchev–Trinajstić information content (AvgIpc) is 2.40. The summed E-state index contributed by atoms with van der Waals surface area (Å²) >= 11 is 1.91. The van der Waals surface area contributed by atoms with Crippen LogP contribution in [0.15, 0.2) is 35.1 Å². The van der Waals surface area contributed by atoms with Gasteiger partial charge in [-0.25, -0.2) is 0 Å². The van der Waals surface area contributed by atoms with Crippen LogP contribution in [0.3, 0.4) is 0 Å². The maximum Gasteiger partial charge on any atom is 0.260 e. The number of anilines is 1. The van der Waals surface area contributed by atoms with E-state index in [1.54, 1.807) is 4.57 Å². The predicted octanol–water partition coefficient (Wildman–Crippen LogP) is 2.65. The molecule has 2 heterocycles. The third-order valence-corrected chi connectivity index (χ3v) is 4.69. The molecule has 1 unspecified atom stereocenters. The van der Waals surface area contributed by atoms with E-state index in [4.69, 9.17) is 5.73 Å². The van der Waals surface area contributed by atoms with Gasteiger partial charge in [0.1, 0.15) is 5.82 Å². The van der Waals surface area contributed by atoms with Crippen LogP contribution in [0, 0.1) is 0 Å². The second kappa shape index (κ2) is 4.69. The minimum atomic E-state index is 0.0538. The van der Waals surface area contributed by atoms with E-state index in [0.717, 1.165) is 29.4 Å². The van der Waals surface area contributed by atoms with Gasteiger partial charge in [-0.05, 0) is 36.1 Å². The SMILES string of the molecule is Nc1cc2ccccc2c(=O)n1C1CCCSC1. The number of thioether (sulfide) groups is 1. The standard InChI is InChI=1S/C14H16N2OS/c15-13-8-10-4-1-2-6-12(10)14(17)16(13)11-5-3-7-18-9-11/h1-2,4,6,8,11H,3,5,7,9,15H2. The van der Waals surface area contributed by atoms with Crippen molar-refractivity contribution >= 4 is 28.4 Å². The second-order valence-electron chi connectivity index (χ2n) is 4.70. The van der Waals surface area contributed by atoms with Crippen LogP contribution in [-0.2, 0) is 0 Å². The van der Waals surface area contributed by atoms with E-state index in [1.807, 2.05) is 42.1 Å². The zero-order valence-electron chi connectivity index (χ0n) is 10.1. The molecule has 94 valence electrons. The summed E-state index contributed by atoms with van der Waals surface area (Å²) in [6.45, 7) is 0. The van der Waals surface area contributed by atoms with Crippen molar-refractivity contribution in [3.05, 3.63) is 40.7 Å². The Labute approximate surface area is 110 Å². The first kappa shape index (κ1) is 11.7. The molecule has 1 aromatic carbocycles. The van der Waals surface area contributed by atoms with Crippen LogP contribution < -0.4 is 11.3 Å². The van der Waals surface area contributed by atoms with Crippen molar-refractivity contribution in [3.8, 4) is 0 Å². The highest BCUT2D eigenvalue weighted by molar-refractivity contribution is 7.99. The molecule has 0 radical (unpaired) electrons. The molecule has 0 amide bonds. The number of nitrogens with zero attached hydrogens (tertiary/aromatic N) is 1. The lowest BCUT2D eigenvalue weighted by Crippen LogP contribution is -2.30. The summed E-state index contributed by atoms with van der Waals surface area (Å²) in [5.41, 5.74) is 6.13. The number of aromatic nitrogens is 1. The van der Waals surface area contributed by atoms with Crippen molar-refractivity contribution in [2.24, 2.45) is 0 Å². The number of hydrogen-bond donors (Lipinski definition) is 1. The van der Waals surface area contributed by atoms with Crippen molar-refractivity contribution in [3.63, 3.8) is 0 Å². The number of fused-ring (bicyclic) bond motifs is 1. The highest BCUT2D eigenvalue weighted by Gasteiger charge is 2.19. The molecule has 1 atom stereocenters. The molecule has 2 aromatic rings. The summed E-state index contributed by atoms with van der Waals surface area (Å²) in [6.07, 6.45) is 2.21. The fourth-order valence-electron chi connectivity index (χ4n) is 2.60. The Balaban J connectivity index is 2.19. The van der Waals surface area contributed by atoms with Crippen LogP contribution in [0.2, 0.25) is 0 Å². The molecule has 4 heteroatoms. The number of pyridine rings is 1. The fraction of sp³-hybridized carbons (Fsp3) is 0.357. The van der Waals surface area contributed by atoms with Crippen molar-refractivity contribution in [2.45, 2.75) is 18.9 Å². The third kappa shape index (κ3) is 1.90. The van der Waals surface area contributed by atoms with Gasteiger partial charge in [-0.2, -0.15) is 11.8 Å². The van der Waals surface area contributed by atoms with Crippen LogP contribution in [0.1, 0.15) is 18.9 Å². The molecule has 1 aliphatic heterocycles. The van der Waals surface area contributed by atoms with E-state index in [2.05, 4.69) is 0 Å². The van der Waals surface area contributed by atoms with Gasteiger partial charge >= 0.3 is 0 Å². The maximum atomic E-state index is 12.5. The van der Waals surface area contributed by atoms with E-state index in [1.165, 1.54) is 5.75 Å². The smallest absolute Gasteiger partial charge is 0.260 e. The number of benzene rings is 1. The van der Waals surface area contributed by atoms with Gasteiger partial charge in [-0.3, -0.25) is 9.36 Å². The Morgan fingerprint density at radius 1 is 1.33 bits per heavy atom. The van der Waals surface area contributed by atoms with Gasteiger partial charge in [-0.1, -0.05) is 18.2 Å². The van der Waals surface area contributed by atoms with Crippen LogP contribution in [0.4, 0.5) is 5.82 Å². The Hall–Kier alpha value is -1.42. The number of hydrogen-bond acceptors (Lipinski definition) is 3. The van der Waals surface area contributed by atoms with E-state index in [0.29, 0.717) is 5.82 Å². The number of nitrogen functional groups attached to an aromatic ring is 1. The summed E-state index contributed by atoms with van der Waals surface area (Å²) in [5.74, 6) is 2.77. The minimum Gasteiger partial charge on any atom is -0.385 e. The molecule has 2 N–H and O–H groups in total. The molecule has 3 rings (SSSR count). The highest BCUT2D eigenvalue weighted by Crippen LogP contribution is 2.28. The van der Waals surface area contributed by atoms with Gasteiger partial charge in [0, 0.05) is 17.2 Å². The largest absolute Gasteiger partial charge is 0.385 e. The van der Waals surface area contributed by atoms with E-state index in [-0.39, 0.29) is 11.6 Å².